The monoisotopic (exact) mass is 406 g/mol. The van der Waals surface area contributed by atoms with Crippen molar-refractivity contribution in [1.29, 1.82) is 0 Å². The number of nitrogens with one attached hydrogen (secondary N) is 2. The van der Waals surface area contributed by atoms with Gasteiger partial charge in [0.15, 0.2) is 17.6 Å². The van der Waals surface area contributed by atoms with Crippen LogP contribution in [0.15, 0.2) is 23.3 Å². The average Bonchev–Trinajstić information content (AvgIpc) is 3.13. The van der Waals surface area contributed by atoms with Gasteiger partial charge in [-0.15, -0.1) is 0 Å². The molecule has 3 rings (SSSR count). The van der Waals surface area contributed by atoms with Crippen molar-refractivity contribution in [2.75, 3.05) is 50.7 Å². The van der Waals surface area contributed by atoms with Crippen molar-refractivity contribution in [1.82, 2.24) is 20.5 Å². The van der Waals surface area contributed by atoms with Crippen LogP contribution >= 0.6 is 0 Å². The first-order valence-electron chi connectivity index (χ1n) is 10.8. The molecule has 162 valence electrons. The largest absolute Gasteiger partial charge is 0.373 e. The summed E-state index contributed by atoms with van der Waals surface area (Å²) >= 11 is 0. The van der Waals surface area contributed by atoms with Gasteiger partial charge in [-0.25, -0.2) is 9.37 Å². The Bertz CT molecular complexity index is 662. The van der Waals surface area contributed by atoms with Crippen LogP contribution in [0, 0.1) is 5.82 Å². The molecule has 0 bridgehead atoms. The number of rotatable bonds is 7. The molecule has 0 spiro atoms. The lowest BCUT2D eigenvalue weighted by atomic mass is 10.2. The predicted octanol–water partition coefficient (Wildman–Crippen LogP) is 1.85. The van der Waals surface area contributed by atoms with E-state index in [0.717, 1.165) is 64.6 Å². The Kier molecular flexibility index (Phi) is 8.06. The molecule has 2 aliphatic rings. The number of aromatic nitrogens is 1. The van der Waals surface area contributed by atoms with E-state index in [9.17, 15) is 4.39 Å². The van der Waals surface area contributed by atoms with Crippen molar-refractivity contribution in [3.8, 4) is 0 Å². The Hall–Kier alpha value is -1.93. The Morgan fingerprint density at radius 1 is 1.31 bits per heavy atom. The molecule has 29 heavy (non-hydrogen) atoms. The zero-order valence-electron chi connectivity index (χ0n) is 17.9. The average molecular weight is 407 g/mol. The highest BCUT2D eigenvalue weighted by atomic mass is 19.1. The van der Waals surface area contributed by atoms with Gasteiger partial charge in [-0.1, -0.05) is 0 Å². The summed E-state index contributed by atoms with van der Waals surface area (Å²) < 4.78 is 19.8. The lowest BCUT2D eigenvalue weighted by molar-refractivity contribution is -0.0679. The minimum absolute atomic E-state index is 0.232. The van der Waals surface area contributed by atoms with Crippen molar-refractivity contribution < 1.29 is 9.13 Å². The third kappa shape index (κ3) is 6.54. The van der Waals surface area contributed by atoms with E-state index in [1.165, 1.54) is 6.07 Å². The van der Waals surface area contributed by atoms with Gasteiger partial charge in [0.1, 0.15) is 0 Å². The fourth-order valence-corrected chi connectivity index (χ4v) is 4.15. The number of hydrogen-bond acceptors (Lipinski definition) is 5. The van der Waals surface area contributed by atoms with E-state index in [4.69, 9.17) is 9.73 Å². The topological polar surface area (TPSA) is 65.0 Å². The summed E-state index contributed by atoms with van der Waals surface area (Å²) in [5.74, 6) is 1.01. The highest BCUT2D eigenvalue weighted by Gasteiger charge is 2.26. The first-order valence-corrected chi connectivity index (χ1v) is 10.8. The number of anilines is 1. The third-order valence-corrected chi connectivity index (χ3v) is 5.31. The van der Waals surface area contributed by atoms with Gasteiger partial charge in [-0.05, 0) is 45.7 Å². The van der Waals surface area contributed by atoms with Gasteiger partial charge in [0, 0.05) is 58.1 Å². The van der Waals surface area contributed by atoms with Gasteiger partial charge < -0.3 is 20.3 Å². The summed E-state index contributed by atoms with van der Waals surface area (Å²) in [6.45, 7) is 12.5. The predicted molar refractivity (Wildman–Crippen MR) is 115 cm³/mol. The molecule has 0 amide bonds. The van der Waals surface area contributed by atoms with Gasteiger partial charge in [-0.3, -0.25) is 9.89 Å². The zero-order chi connectivity index (χ0) is 20.6. The number of ether oxygens (including phenoxy) is 1. The molecule has 3 heterocycles. The molecule has 2 saturated heterocycles. The van der Waals surface area contributed by atoms with Crippen LogP contribution in [0.3, 0.4) is 0 Å². The fourth-order valence-electron chi connectivity index (χ4n) is 4.15. The molecule has 8 heteroatoms. The molecule has 3 atom stereocenters. The lowest BCUT2D eigenvalue weighted by Gasteiger charge is -2.35. The molecule has 7 nitrogen and oxygen atoms in total. The van der Waals surface area contributed by atoms with Crippen molar-refractivity contribution in [2.24, 2.45) is 4.99 Å². The van der Waals surface area contributed by atoms with Gasteiger partial charge in [0.2, 0.25) is 0 Å². The number of halogens is 1. The maximum atomic E-state index is 14.0. The summed E-state index contributed by atoms with van der Waals surface area (Å²) in [6, 6.07) is 3.32. The molecule has 3 unspecified atom stereocenters. The van der Waals surface area contributed by atoms with E-state index >= 15 is 0 Å². The Balaban J connectivity index is 1.45. The Morgan fingerprint density at radius 3 is 2.83 bits per heavy atom. The van der Waals surface area contributed by atoms with Crippen LogP contribution in [-0.4, -0.2) is 79.9 Å². The molecular weight excluding hydrogens is 371 g/mol. The molecule has 0 saturated carbocycles. The molecule has 1 aromatic rings. The third-order valence-electron chi connectivity index (χ3n) is 5.31. The smallest absolute Gasteiger partial charge is 0.191 e. The number of guanidine groups is 1. The summed E-state index contributed by atoms with van der Waals surface area (Å²) in [7, 11) is 0. The van der Waals surface area contributed by atoms with Crippen LogP contribution in [0.2, 0.25) is 0 Å². The molecule has 0 aromatic carbocycles. The number of pyridine rings is 1. The van der Waals surface area contributed by atoms with E-state index in [1.54, 1.807) is 12.3 Å². The van der Waals surface area contributed by atoms with Crippen molar-refractivity contribution >= 4 is 11.8 Å². The van der Waals surface area contributed by atoms with Gasteiger partial charge in [0.25, 0.3) is 0 Å². The molecule has 2 aliphatic heterocycles. The fraction of sp³-hybridized carbons (Fsp3) is 0.714. The highest BCUT2D eigenvalue weighted by Crippen LogP contribution is 2.20. The summed E-state index contributed by atoms with van der Waals surface area (Å²) in [5.41, 5.74) is 0. The normalized spacial score (nSPS) is 26.0. The van der Waals surface area contributed by atoms with Crippen LogP contribution in [-0.2, 0) is 4.74 Å². The van der Waals surface area contributed by atoms with E-state index in [1.807, 2.05) is 4.90 Å². The van der Waals surface area contributed by atoms with Crippen molar-refractivity contribution in [3.05, 3.63) is 24.1 Å². The van der Waals surface area contributed by atoms with E-state index in [-0.39, 0.29) is 11.9 Å². The van der Waals surface area contributed by atoms with Crippen LogP contribution in [0.25, 0.3) is 0 Å². The molecule has 1 aromatic heterocycles. The van der Waals surface area contributed by atoms with E-state index < -0.39 is 0 Å². The van der Waals surface area contributed by atoms with Crippen LogP contribution in [0.1, 0.15) is 33.6 Å². The highest BCUT2D eigenvalue weighted by molar-refractivity contribution is 5.80. The van der Waals surface area contributed by atoms with Gasteiger partial charge in [0.05, 0.1) is 12.2 Å². The molecule has 0 radical (unpaired) electrons. The maximum Gasteiger partial charge on any atom is 0.191 e. The summed E-state index contributed by atoms with van der Waals surface area (Å²) in [5, 5.41) is 6.83. The van der Waals surface area contributed by atoms with E-state index in [0.29, 0.717) is 18.0 Å². The van der Waals surface area contributed by atoms with Crippen molar-refractivity contribution in [2.45, 2.75) is 51.9 Å². The minimum Gasteiger partial charge on any atom is -0.373 e. The second-order valence-electron chi connectivity index (χ2n) is 8.02. The minimum atomic E-state index is -0.263. The van der Waals surface area contributed by atoms with Gasteiger partial charge >= 0.3 is 0 Å². The SMILES string of the molecule is CCNC(=NCCCN1CC(C)OC(C)C1)NC1CCN(c2ncccc2F)C1. The van der Waals surface area contributed by atoms with Crippen LogP contribution < -0.4 is 15.5 Å². The quantitative estimate of drug-likeness (QED) is 0.409. The zero-order valence-corrected chi connectivity index (χ0v) is 17.9. The molecule has 0 aliphatic carbocycles. The second-order valence-corrected chi connectivity index (χ2v) is 8.02. The van der Waals surface area contributed by atoms with E-state index in [2.05, 4.69) is 41.3 Å². The maximum absolute atomic E-state index is 14.0. The summed E-state index contributed by atoms with van der Waals surface area (Å²) in [4.78, 5) is 13.4. The lowest BCUT2D eigenvalue weighted by Crippen LogP contribution is -2.46. The molecule has 2 N–H and O–H groups in total. The first kappa shape index (κ1) is 21.8. The first-order chi connectivity index (χ1) is 14.0. The number of nitrogens with zero attached hydrogens (tertiary/aromatic N) is 4. The number of aliphatic imine (C=N–C) groups is 1. The Labute approximate surface area is 173 Å². The summed E-state index contributed by atoms with van der Waals surface area (Å²) in [6.07, 6.45) is 4.20. The standard InChI is InChI=1S/C21H35FN6O/c1-4-23-21(25-10-6-11-27-13-16(2)29-17(3)14-27)26-18-8-12-28(15-18)20-19(22)7-5-9-24-20/h5,7,9,16-18H,4,6,8,10-15H2,1-3H3,(H2,23,25,26). The van der Waals surface area contributed by atoms with Crippen LogP contribution in [0.4, 0.5) is 10.2 Å². The number of morpholine rings is 1. The number of hydrogen-bond donors (Lipinski definition) is 2. The van der Waals surface area contributed by atoms with Gasteiger partial charge in [-0.2, -0.15) is 0 Å². The molecule has 2 fully saturated rings. The molecular formula is C21H35FN6O. The van der Waals surface area contributed by atoms with Crippen molar-refractivity contribution in [3.63, 3.8) is 0 Å². The van der Waals surface area contributed by atoms with Crippen LogP contribution in [0.5, 0.6) is 0 Å². The Morgan fingerprint density at radius 2 is 2.10 bits per heavy atom. The second kappa shape index (κ2) is 10.7.